The highest BCUT2D eigenvalue weighted by Gasteiger charge is 2.15. The van der Waals surface area contributed by atoms with Gasteiger partial charge in [0.25, 0.3) is 5.91 Å². The van der Waals surface area contributed by atoms with Gasteiger partial charge < -0.3 is 10.1 Å². The summed E-state index contributed by atoms with van der Waals surface area (Å²) in [5, 5.41) is 2.78. The number of hydrogen-bond donors (Lipinski definition) is 1. The molecule has 1 atom stereocenters. The first-order chi connectivity index (χ1) is 10.5. The van der Waals surface area contributed by atoms with Crippen LogP contribution in [0.3, 0.4) is 0 Å². The summed E-state index contributed by atoms with van der Waals surface area (Å²) in [6, 6.07) is 14.1. The molecule has 0 saturated heterocycles. The molecule has 0 aliphatic rings. The fourth-order valence-electron chi connectivity index (χ4n) is 1.86. The van der Waals surface area contributed by atoms with Crippen LogP contribution in [0.5, 0.6) is 5.75 Å². The number of hydrogen-bond acceptors (Lipinski definition) is 3. The number of amides is 1. The maximum atomic E-state index is 12.1. The molecule has 4 nitrogen and oxygen atoms in total. The molecule has 0 radical (unpaired) electrons. The molecule has 1 N–H and O–H groups in total. The minimum Gasteiger partial charge on any atom is -0.481 e. The van der Waals surface area contributed by atoms with Crippen LogP contribution < -0.4 is 10.1 Å². The normalized spacial score (nSPS) is 11.6. The van der Waals surface area contributed by atoms with Gasteiger partial charge in [0, 0.05) is 15.7 Å². The number of carbonyl (C=O) groups is 2. The molecule has 1 amide bonds. The van der Waals surface area contributed by atoms with Crippen LogP contribution in [-0.4, -0.2) is 17.8 Å². The minimum atomic E-state index is -0.679. The Kier molecular flexibility index (Phi) is 5.33. The van der Waals surface area contributed by atoms with Crippen LogP contribution in [0.4, 0.5) is 5.69 Å². The number of ether oxygens (including phenoxy) is 1. The molecule has 0 saturated carbocycles. The number of Topliss-reactive ketones (excluding diaryl/α,β-unsaturated/α-hetero) is 1. The molecule has 0 aliphatic heterocycles. The zero-order valence-electron chi connectivity index (χ0n) is 12.3. The zero-order valence-corrected chi connectivity index (χ0v) is 13.9. The Labute approximate surface area is 137 Å². The quantitative estimate of drug-likeness (QED) is 0.817. The van der Waals surface area contributed by atoms with Gasteiger partial charge in [-0.3, -0.25) is 9.59 Å². The second-order valence-corrected chi connectivity index (χ2v) is 5.76. The molecule has 0 spiro atoms. The van der Waals surface area contributed by atoms with Crippen LogP contribution >= 0.6 is 15.9 Å². The first kappa shape index (κ1) is 16.2. The summed E-state index contributed by atoms with van der Waals surface area (Å²) in [4.78, 5) is 23.5. The first-order valence-electron chi connectivity index (χ1n) is 6.80. The van der Waals surface area contributed by atoms with Gasteiger partial charge in [0.05, 0.1) is 0 Å². The summed E-state index contributed by atoms with van der Waals surface area (Å²) in [7, 11) is 0. The number of halogens is 1. The van der Waals surface area contributed by atoms with E-state index in [1.54, 1.807) is 43.3 Å². The van der Waals surface area contributed by atoms with Gasteiger partial charge in [0.1, 0.15) is 5.75 Å². The second kappa shape index (κ2) is 7.22. The molecule has 0 unspecified atom stereocenters. The maximum Gasteiger partial charge on any atom is 0.265 e. The lowest BCUT2D eigenvalue weighted by molar-refractivity contribution is -0.122. The van der Waals surface area contributed by atoms with E-state index >= 15 is 0 Å². The molecule has 0 heterocycles. The highest BCUT2D eigenvalue weighted by Crippen LogP contribution is 2.18. The van der Waals surface area contributed by atoms with Crippen molar-refractivity contribution in [3.63, 3.8) is 0 Å². The predicted octanol–water partition coefficient (Wildman–Crippen LogP) is 4.06. The fourth-order valence-corrected chi connectivity index (χ4v) is 2.26. The van der Waals surface area contributed by atoms with E-state index in [9.17, 15) is 9.59 Å². The third-order valence-electron chi connectivity index (χ3n) is 3.01. The lowest BCUT2D eigenvalue weighted by atomic mass is 10.1. The van der Waals surface area contributed by atoms with E-state index in [2.05, 4.69) is 21.2 Å². The van der Waals surface area contributed by atoms with Crippen molar-refractivity contribution >= 4 is 33.3 Å². The van der Waals surface area contributed by atoms with Crippen LogP contribution in [0.1, 0.15) is 24.2 Å². The van der Waals surface area contributed by atoms with E-state index in [0.717, 1.165) is 4.47 Å². The topological polar surface area (TPSA) is 55.4 Å². The summed E-state index contributed by atoms with van der Waals surface area (Å²) in [5.74, 6) is 0.188. The Hall–Kier alpha value is -2.14. The average Bonchev–Trinajstić information content (AvgIpc) is 2.47. The third-order valence-corrected chi connectivity index (χ3v) is 3.51. The van der Waals surface area contributed by atoms with E-state index in [4.69, 9.17) is 4.74 Å². The van der Waals surface area contributed by atoms with Crippen LogP contribution in [0.25, 0.3) is 0 Å². The van der Waals surface area contributed by atoms with Gasteiger partial charge in [-0.1, -0.05) is 34.1 Å². The van der Waals surface area contributed by atoms with Crippen molar-refractivity contribution in [3.8, 4) is 5.75 Å². The third kappa shape index (κ3) is 4.43. The number of nitrogens with one attached hydrogen (secondary N) is 1. The monoisotopic (exact) mass is 361 g/mol. The lowest BCUT2D eigenvalue weighted by Gasteiger charge is -2.15. The van der Waals surface area contributed by atoms with Gasteiger partial charge in [-0.15, -0.1) is 0 Å². The van der Waals surface area contributed by atoms with Crippen molar-refractivity contribution in [1.82, 2.24) is 0 Å². The van der Waals surface area contributed by atoms with Crippen molar-refractivity contribution < 1.29 is 14.3 Å². The summed E-state index contributed by atoms with van der Waals surface area (Å²) >= 11 is 3.35. The van der Waals surface area contributed by atoms with Gasteiger partial charge in [-0.2, -0.15) is 0 Å². The average molecular weight is 362 g/mol. The number of rotatable bonds is 5. The van der Waals surface area contributed by atoms with Gasteiger partial charge in [-0.05, 0) is 44.2 Å². The summed E-state index contributed by atoms with van der Waals surface area (Å²) < 4.78 is 6.48. The maximum absolute atomic E-state index is 12.1. The van der Waals surface area contributed by atoms with Crippen LogP contribution in [0.15, 0.2) is 53.0 Å². The highest BCUT2D eigenvalue weighted by atomic mass is 79.9. The van der Waals surface area contributed by atoms with Crippen LogP contribution in [0, 0.1) is 0 Å². The zero-order chi connectivity index (χ0) is 16.1. The Balaban J connectivity index is 2.02. The summed E-state index contributed by atoms with van der Waals surface area (Å²) in [6.45, 7) is 3.15. The lowest BCUT2D eigenvalue weighted by Crippen LogP contribution is -2.30. The highest BCUT2D eigenvalue weighted by molar-refractivity contribution is 9.10. The summed E-state index contributed by atoms with van der Waals surface area (Å²) in [5.41, 5.74) is 1.24. The molecule has 0 aliphatic carbocycles. The van der Waals surface area contributed by atoms with Crippen LogP contribution in [0.2, 0.25) is 0 Å². The van der Waals surface area contributed by atoms with Gasteiger partial charge in [0.15, 0.2) is 11.9 Å². The standard InChI is InChI=1S/C17H16BrNO3/c1-11(20)13-5-3-8-16(9-13)22-12(2)17(21)19-15-7-4-6-14(18)10-15/h3-10,12H,1-2H3,(H,19,21)/t12-/m0/s1. The van der Waals surface area contributed by atoms with Crippen molar-refractivity contribution in [2.24, 2.45) is 0 Å². The molecule has 2 aromatic carbocycles. The molecular formula is C17H16BrNO3. The molecule has 2 aromatic rings. The van der Waals surface area contributed by atoms with Crippen molar-refractivity contribution in [3.05, 3.63) is 58.6 Å². The number of carbonyl (C=O) groups excluding carboxylic acids is 2. The minimum absolute atomic E-state index is 0.0447. The van der Waals surface area contributed by atoms with E-state index < -0.39 is 6.10 Å². The Morgan fingerprint density at radius 2 is 1.86 bits per heavy atom. The van der Waals surface area contributed by atoms with Gasteiger partial charge >= 0.3 is 0 Å². The smallest absolute Gasteiger partial charge is 0.265 e. The molecular weight excluding hydrogens is 346 g/mol. The van der Waals surface area contributed by atoms with Gasteiger partial charge in [0.2, 0.25) is 0 Å². The molecule has 0 aromatic heterocycles. The SMILES string of the molecule is CC(=O)c1cccc(O[C@@H](C)C(=O)Nc2cccc(Br)c2)c1. The summed E-state index contributed by atoms with van der Waals surface area (Å²) in [6.07, 6.45) is -0.679. The Morgan fingerprint density at radius 1 is 1.14 bits per heavy atom. The molecule has 0 fully saturated rings. The van der Waals surface area contributed by atoms with E-state index in [1.165, 1.54) is 6.92 Å². The van der Waals surface area contributed by atoms with E-state index in [1.807, 2.05) is 12.1 Å². The van der Waals surface area contributed by atoms with Gasteiger partial charge in [-0.25, -0.2) is 0 Å². The van der Waals surface area contributed by atoms with E-state index in [0.29, 0.717) is 17.0 Å². The Bertz CT molecular complexity index is 700. The van der Waals surface area contributed by atoms with Crippen molar-refractivity contribution in [2.45, 2.75) is 20.0 Å². The largest absolute Gasteiger partial charge is 0.481 e. The second-order valence-electron chi connectivity index (χ2n) is 4.84. The van der Waals surface area contributed by atoms with E-state index in [-0.39, 0.29) is 11.7 Å². The number of ketones is 1. The number of benzene rings is 2. The van der Waals surface area contributed by atoms with Crippen molar-refractivity contribution in [1.29, 1.82) is 0 Å². The van der Waals surface area contributed by atoms with Crippen molar-refractivity contribution in [2.75, 3.05) is 5.32 Å². The molecule has 5 heteroatoms. The molecule has 22 heavy (non-hydrogen) atoms. The fraction of sp³-hybridized carbons (Fsp3) is 0.176. The molecule has 0 bridgehead atoms. The molecule has 114 valence electrons. The number of anilines is 1. The molecule has 2 rings (SSSR count). The Morgan fingerprint density at radius 3 is 2.55 bits per heavy atom. The first-order valence-corrected chi connectivity index (χ1v) is 7.59. The van der Waals surface area contributed by atoms with Crippen LogP contribution in [-0.2, 0) is 4.79 Å². The predicted molar refractivity (Wildman–Crippen MR) is 89.3 cm³/mol.